The van der Waals surface area contributed by atoms with Crippen molar-refractivity contribution in [2.24, 2.45) is 5.92 Å². The van der Waals surface area contributed by atoms with Gasteiger partial charge in [0.1, 0.15) is 0 Å². The highest BCUT2D eigenvalue weighted by atomic mass is 16.2. The molecular formula is C20H24N4O2. The molecular weight excluding hydrogens is 328 g/mol. The zero-order chi connectivity index (χ0) is 18.4. The lowest BCUT2D eigenvalue weighted by molar-refractivity contribution is -0.121. The lowest BCUT2D eigenvalue weighted by atomic mass is 9.97. The normalized spacial score (nSPS) is 17.5. The summed E-state index contributed by atoms with van der Waals surface area (Å²) in [6, 6.07) is 12.7. The minimum Gasteiger partial charge on any atom is -0.346 e. The second-order valence-electron chi connectivity index (χ2n) is 6.64. The maximum absolute atomic E-state index is 12.6. The summed E-state index contributed by atoms with van der Waals surface area (Å²) < 4.78 is 0. The van der Waals surface area contributed by atoms with E-state index in [4.69, 9.17) is 0 Å². The molecule has 1 aliphatic heterocycles. The van der Waals surface area contributed by atoms with E-state index in [1.165, 1.54) is 0 Å². The number of aromatic nitrogens is 1. The smallest absolute Gasteiger partial charge is 0.253 e. The number of nitrogens with zero attached hydrogens (tertiary/aromatic N) is 2. The van der Waals surface area contributed by atoms with Crippen molar-refractivity contribution in [2.75, 3.05) is 25.5 Å². The molecule has 1 aliphatic rings. The van der Waals surface area contributed by atoms with Crippen LogP contribution in [0.15, 0.2) is 48.7 Å². The summed E-state index contributed by atoms with van der Waals surface area (Å²) in [5, 5.41) is 5.79. The van der Waals surface area contributed by atoms with Gasteiger partial charge in [-0.15, -0.1) is 0 Å². The molecule has 3 rings (SSSR count). The number of rotatable bonds is 5. The molecule has 1 saturated heterocycles. The van der Waals surface area contributed by atoms with Crippen molar-refractivity contribution in [1.82, 2.24) is 15.2 Å². The van der Waals surface area contributed by atoms with Crippen molar-refractivity contribution in [1.29, 1.82) is 0 Å². The number of para-hydroxylation sites is 1. The Morgan fingerprint density at radius 1 is 1.19 bits per heavy atom. The van der Waals surface area contributed by atoms with Crippen molar-refractivity contribution in [3.05, 3.63) is 59.9 Å². The Hall–Kier alpha value is -2.73. The van der Waals surface area contributed by atoms with Gasteiger partial charge in [-0.2, -0.15) is 0 Å². The Balaban J connectivity index is 1.65. The zero-order valence-corrected chi connectivity index (χ0v) is 14.9. The van der Waals surface area contributed by atoms with Crippen LogP contribution in [0.4, 0.5) is 5.69 Å². The molecule has 2 amide bonds. The zero-order valence-electron chi connectivity index (χ0n) is 14.9. The minimum absolute atomic E-state index is 0.0264. The maximum atomic E-state index is 12.6. The number of pyridine rings is 1. The first kappa shape index (κ1) is 18.1. The number of piperidine rings is 1. The van der Waals surface area contributed by atoms with Crippen molar-refractivity contribution in [3.8, 4) is 0 Å². The molecule has 1 fully saturated rings. The number of nitrogens with one attached hydrogen (secondary N) is 2. The Morgan fingerprint density at radius 3 is 2.77 bits per heavy atom. The molecule has 26 heavy (non-hydrogen) atoms. The molecule has 2 heterocycles. The van der Waals surface area contributed by atoms with Gasteiger partial charge in [0.2, 0.25) is 5.91 Å². The molecule has 0 spiro atoms. The van der Waals surface area contributed by atoms with Crippen molar-refractivity contribution < 1.29 is 9.59 Å². The summed E-state index contributed by atoms with van der Waals surface area (Å²) in [7, 11) is 2.03. The van der Waals surface area contributed by atoms with E-state index in [0.29, 0.717) is 17.8 Å². The molecule has 2 aromatic rings. The van der Waals surface area contributed by atoms with E-state index < -0.39 is 0 Å². The van der Waals surface area contributed by atoms with Crippen LogP contribution >= 0.6 is 0 Å². The van der Waals surface area contributed by atoms with Gasteiger partial charge >= 0.3 is 0 Å². The summed E-state index contributed by atoms with van der Waals surface area (Å²) in [6.07, 6.45) is 3.59. The van der Waals surface area contributed by atoms with Gasteiger partial charge in [0.15, 0.2) is 0 Å². The number of carbonyl (C=O) groups is 2. The molecule has 0 aliphatic carbocycles. The number of anilines is 1. The van der Waals surface area contributed by atoms with Crippen LogP contribution in [0.25, 0.3) is 0 Å². The van der Waals surface area contributed by atoms with Gasteiger partial charge in [-0.3, -0.25) is 14.6 Å². The number of benzene rings is 1. The Bertz CT molecular complexity index is 763. The molecule has 6 heteroatoms. The van der Waals surface area contributed by atoms with Gasteiger partial charge in [-0.05, 0) is 50.7 Å². The highest BCUT2D eigenvalue weighted by molar-refractivity contribution is 6.04. The number of carbonyl (C=O) groups excluding carboxylic acids is 2. The van der Waals surface area contributed by atoms with Crippen LogP contribution < -0.4 is 10.6 Å². The van der Waals surface area contributed by atoms with E-state index in [9.17, 15) is 9.59 Å². The summed E-state index contributed by atoms with van der Waals surface area (Å²) in [6.45, 7) is 2.12. The number of likely N-dealkylation sites (tertiary alicyclic amines) is 1. The van der Waals surface area contributed by atoms with Crippen molar-refractivity contribution >= 4 is 17.5 Å². The summed E-state index contributed by atoms with van der Waals surface area (Å²) >= 11 is 0. The third-order valence-electron chi connectivity index (χ3n) is 4.58. The predicted octanol–water partition coefficient (Wildman–Crippen LogP) is 2.29. The second-order valence-corrected chi connectivity index (χ2v) is 6.64. The van der Waals surface area contributed by atoms with Crippen LogP contribution in [0.1, 0.15) is 28.9 Å². The third-order valence-corrected chi connectivity index (χ3v) is 4.58. The lowest BCUT2D eigenvalue weighted by Gasteiger charge is -2.28. The minimum atomic E-state index is -0.229. The quantitative estimate of drug-likeness (QED) is 0.866. The Kier molecular flexibility index (Phi) is 5.96. The van der Waals surface area contributed by atoms with Gasteiger partial charge in [-0.1, -0.05) is 18.2 Å². The molecule has 0 saturated carbocycles. The maximum Gasteiger partial charge on any atom is 0.253 e. The standard InChI is InChI=1S/C20H24N4O2/c1-24-12-6-7-15(14-24)19(25)23-18-10-3-2-9-17(18)20(26)22-13-16-8-4-5-11-21-16/h2-5,8-11,15H,6-7,12-14H2,1H3,(H,22,26)(H,23,25)/t15-/m1/s1. The molecule has 1 aromatic carbocycles. The van der Waals surface area contributed by atoms with Crippen LogP contribution in [-0.4, -0.2) is 41.8 Å². The third kappa shape index (κ3) is 4.67. The molecule has 0 bridgehead atoms. The van der Waals surface area contributed by atoms with Crippen LogP contribution in [0.3, 0.4) is 0 Å². The lowest BCUT2D eigenvalue weighted by Crippen LogP contribution is -2.38. The topological polar surface area (TPSA) is 74.3 Å². The summed E-state index contributed by atoms with van der Waals surface area (Å²) in [5.41, 5.74) is 1.79. The largest absolute Gasteiger partial charge is 0.346 e. The SMILES string of the molecule is CN1CCC[C@@H](C(=O)Nc2ccccc2C(=O)NCc2ccccn2)C1. The average Bonchev–Trinajstić information content (AvgIpc) is 2.67. The fourth-order valence-corrected chi connectivity index (χ4v) is 3.17. The van der Waals surface area contributed by atoms with E-state index in [-0.39, 0.29) is 17.7 Å². The molecule has 0 radical (unpaired) electrons. The first-order valence-electron chi connectivity index (χ1n) is 8.90. The molecule has 1 aromatic heterocycles. The number of amides is 2. The molecule has 1 atom stereocenters. The molecule has 136 valence electrons. The first-order chi connectivity index (χ1) is 12.6. The number of hydrogen-bond acceptors (Lipinski definition) is 4. The predicted molar refractivity (Wildman–Crippen MR) is 101 cm³/mol. The van der Waals surface area contributed by atoms with Gasteiger partial charge < -0.3 is 15.5 Å². The molecule has 6 nitrogen and oxygen atoms in total. The van der Waals surface area contributed by atoms with Crippen molar-refractivity contribution in [2.45, 2.75) is 19.4 Å². The summed E-state index contributed by atoms with van der Waals surface area (Å²) in [5.74, 6) is -0.299. The Morgan fingerprint density at radius 2 is 2.00 bits per heavy atom. The molecule has 0 unspecified atom stereocenters. The first-order valence-corrected chi connectivity index (χ1v) is 8.90. The Labute approximate surface area is 153 Å². The van der Waals surface area contributed by atoms with Crippen LogP contribution in [0.5, 0.6) is 0 Å². The van der Waals surface area contributed by atoms with E-state index >= 15 is 0 Å². The highest BCUT2D eigenvalue weighted by Crippen LogP contribution is 2.20. The van der Waals surface area contributed by atoms with Crippen molar-refractivity contribution in [3.63, 3.8) is 0 Å². The molecule has 2 N–H and O–H groups in total. The van der Waals surface area contributed by atoms with Gasteiger partial charge in [-0.25, -0.2) is 0 Å². The monoisotopic (exact) mass is 352 g/mol. The number of hydrogen-bond donors (Lipinski definition) is 2. The van der Waals surface area contributed by atoms with E-state index in [1.807, 2.05) is 31.3 Å². The second kappa shape index (κ2) is 8.58. The van der Waals surface area contributed by atoms with E-state index in [1.54, 1.807) is 24.4 Å². The van der Waals surface area contributed by atoms with E-state index in [2.05, 4.69) is 20.5 Å². The van der Waals surface area contributed by atoms with Gasteiger partial charge in [0, 0.05) is 12.7 Å². The summed E-state index contributed by atoms with van der Waals surface area (Å²) in [4.78, 5) is 31.5. The van der Waals surface area contributed by atoms with Crippen LogP contribution in [0.2, 0.25) is 0 Å². The van der Waals surface area contributed by atoms with Gasteiger partial charge in [0.25, 0.3) is 5.91 Å². The van der Waals surface area contributed by atoms with Gasteiger partial charge in [0.05, 0.1) is 29.4 Å². The van der Waals surface area contributed by atoms with Crippen LogP contribution in [0, 0.1) is 5.92 Å². The fraction of sp³-hybridized carbons (Fsp3) is 0.350. The van der Waals surface area contributed by atoms with Crippen LogP contribution in [-0.2, 0) is 11.3 Å². The highest BCUT2D eigenvalue weighted by Gasteiger charge is 2.25. The average molecular weight is 352 g/mol. The van der Waals surface area contributed by atoms with E-state index in [0.717, 1.165) is 31.6 Å². The fourth-order valence-electron chi connectivity index (χ4n) is 3.17.